The smallest absolute Gasteiger partial charge is 0.250 e. The number of Topliss-reactive ketones (excluding diaryl/α,β-unsaturated/α-hetero) is 1. The van der Waals surface area contributed by atoms with Gasteiger partial charge >= 0.3 is 0 Å². The highest BCUT2D eigenvalue weighted by Crippen LogP contribution is 2.66. The summed E-state index contributed by atoms with van der Waals surface area (Å²) < 4.78 is 0. The molecule has 180 valence electrons. The lowest BCUT2D eigenvalue weighted by Gasteiger charge is -2.38. The van der Waals surface area contributed by atoms with Crippen molar-refractivity contribution in [1.82, 2.24) is 4.90 Å². The van der Waals surface area contributed by atoms with Crippen molar-refractivity contribution in [3.63, 3.8) is 0 Å². The first-order chi connectivity index (χ1) is 17.4. The maximum atomic E-state index is 14.7. The predicted octanol–water partition coefficient (Wildman–Crippen LogP) is 5.01. The van der Waals surface area contributed by atoms with Crippen LogP contribution in [-0.2, 0) is 20.5 Å². The number of benzene rings is 3. The molecule has 2 N–H and O–H groups in total. The van der Waals surface area contributed by atoms with E-state index in [2.05, 4.69) is 15.5 Å². The molecule has 2 saturated heterocycles. The lowest BCUT2D eigenvalue weighted by atomic mass is 9.60. The van der Waals surface area contributed by atoms with E-state index in [1.54, 1.807) is 12.1 Å². The Hall–Kier alpha value is -3.19. The molecule has 4 heterocycles. The first-order valence-electron chi connectivity index (χ1n) is 12.0. The van der Waals surface area contributed by atoms with Crippen LogP contribution in [0.4, 0.5) is 11.4 Å². The van der Waals surface area contributed by atoms with Crippen LogP contribution in [0.5, 0.6) is 0 Å². The zero-order valence-corrected chi connectivity index (χ0v) is 20.6. The Labute approximate surface area is 217 Å². The summed E-state index contributed by atoms with van der Waals surface area (Å²) >= 11 is 12.7. The van der Waals surface area contributed by atoms with Crippen molar-refractivity contribution < 1.29 is 14.4 Å². The first-order valence-corrected chi connectivity index (χ1v) is 12.7. The molecule has 0 aliphatic carbocycles. The van der Waals surface area contributed by atoms with Gasteiger partial charge in [-0.1, -0.05) is 59.6 Å². The van der Waals surface area contributed by atoms with Gasteiger partial charge in [0, 0.05) is 33.6 Å². The van der Waals surface area contributed by atoms with E-state index < -0.39 is 16.9 Å². The van der Waals surface area contributed by atoms with E-state index in [1.165, 1.54) is 6.07 Å². The number of ketones is 1. The van der Waals surface area contributed by atoms with Gasteiger partial charge in [-0.25, -0.2) is 0 Å². The Morgan fingerprint density at radius 3 is 2.31 bits per heavy atom. The highest BCUT2D eigenvalue weighted by atomic mass is 35.5. The number of nitrogens with one attached hydrogen (secondary N) is 2. The fourth-order valence-corrected chi connectivity index (χ4v) is 7.85. The van der Waals surface area contributed by atoms with Crippen molar-refractivity contribution in [2.75, 3.05) is 17.2 Å². The number of halogens is 2. The van der Waals surface area contributed by atoms with E-state index in [9.17, 15) is 14.4 Å². The number of amides is 2. The van der Waals surface area contributed by atoms with E-state index >= 15 is 0 Å². The molecule has 0 unspecified atom stereocenters. The topological polar surface area (TPSA) is 78.5 Å². The van der Waals surface area contributed by atoms with Crippen LogP contribution in [0.15, 0.2) is 66.7 Å². The summed E-state index contributed by atoms with van der Waals surface area (Å²) in [6, 6.07) is 19.4. The summed E-state index contributed by atoms with van der Waals surface area (Å²) in [6.07, 6.45) is 1.51. The van der Waals surface area contributed by atoms with Crippen molar-refractivity contribution in [3.05, 3.63) is 93.5 Å². The van der Waals surface area contributed by atoms with Gasteiger partial charge < -0.3 is 10.6 Å². The van der Waals surface area contributed by atoms with Gasteiger partial charge in [-0.05, 0) is 55.3 Å². The largest absolute Gasteiger partial charge is 0.325 e. The van der Waals surface area contributed by atoms with Gasteiger partial charge in [0.25, 0.3) is 0 Å². The van der Waals surface area contributed by atoms with Gasteiger partial charge in [-0.15, -0.1) is 0 Å². The summed E-state index contributed by atoms with van der Waals surface area (Å²) in [7, 11) is 0. The quantitative estimate of drug-likeness (QED) is 0.468. The Balaban J connectivity index is 1.59. The molecule has 4 atom stereocenters. The van der Waals surface area contributed by atoms with E-state index in [4.69, 9.17) is 23.2 Å². The standard InChI is InChI=1S/C28H21Cl2N3O3/c29-15-11-12-16(19(30)14-15)23(34)24-27(17-6-1-3-8-20(17)31-25(27)35)22-10-5-13-33(22)28(24)18-7-2-4-9-21(18)32-26(28)36/h1-4,6-9,11-12,14,22,24H,5,10,13H2,(H,31,35)(H,32,36)/t22-,24-,27+,28+/m1/s1. The monoisotopic (exact) mass is 517 g/mol. The van der Waals surface area contributed by atoms with Crippen LogP contribution >= 0.6 is 23.2 Å². The fraction of sp³-hybridized carbons (Fsp3) is 0.250. The lowest BCUT2D eigenvalue weighted by molar-refractivity contribution is -0.128. The van der Waals surface area contributed by atoms with Gasteiger partial charge in [0.2, 0.25) is 11.8 Å². The number of fused-ring (bicyclic) bond motifs is 7. The van der Waals surface area contributed by atoms with E-state index in [0.717, 1.165) is 17.5 Å². The van der Waals surface area contributed by atoms with Crippen LogP contribution in [0.25, 0.3) is 0 Å². The number of para-hydroxylation sites is 2. The summed E-state index contributed by atoms with van der Waals surface area (Å²) in [5, 5.41) is 6.67. The average molecular weight is 518 g/mol. The molecule has 2 fully saturated rings. The third kappa shape index (κ3) is 2.45. The van der Waals surface area contributed by atoms with E-state index in [0.29, 0.717) is 29.4 Å². The zero-order chi connectivity index (χ0) is 24.8. The second-order valence-corrected chi connectivity index (χ2v) is 10.8. The van der Waals surface area contributed by atoms with Crippen molar-refractivity contribution in [3.8, 4) is 0 Å². The predicted molar refractivity (Wildman–Crippen MR) is 138 cm³/mol. The average Bonchev–Trinajstić information content (AvgIpc) is 3.58. The van der Waals surface area contributed by atoms with Crippen LogP contribution < -0.4 is 10.6 Å². The van der Waals surface area contributed by atoms with Gasteiger partial charge in [0.05, 0.1) is 10.9 Å². The number of carbonyl (C=O) groups excluding carboxylic acids is 3. The molecule has 0 aromatic heterocycles. The number of nitrogens with zero attached hydrogens (tertiary/aromatic N) is 1. The Kier molecular flexibility index (Phi) is 4.54. The Morgan fingerprint density at radius 1 is 0.889 bits per heavy atom. The molecule has 36 heavy (non-hydrogen) atoms. The molecule has 4 aliphatic heterocycles. The molecule has 8 heteroatoms. The Bertz CT molecular complexity index is 1430. The second kappa shape index (κ2) is 7.42. The molecule has 3 aromatic carbocycles. The van der Waals surface area contributed by atoms with Crippen molar-refractivity contribution in [2.24, 2.45) is 5.92 Å². The molecule has 0 bridgehead atoms. The summed E-state index contributed by atoms with van der Waals surface area (Å²) in [5.41, 5.74) is 0.452. The minimum Gasteiger partial charge on any atom is -0.325 e. The molecule has 4 aliphatic rings. The summed E-state index contributed by atoms with van der Waals surface area (Å²) in [6.45, 7) is 0.599. The number of rotatable bonds is 2. The molecule has 0 saturated carbocycles. The number of hydrogen-bond donors (Lipinski definition) is 2. The van der Waals surface area contributed by atoms with Gasteiger partial charge in [-0.2, -0.15) is 0 Å². The minimum atomic E-state index is -1.35. The SMILES string of the molecule is O=C(c1ccc(Cl)cc1Cl)[C@@H]1[C@@]2(C(=O)Nc3ccccc32)[C@H]2CCCN2[C@]12C(=O)Nc1ccccc12. The van der Waals surface area contributed by atoms with Crippen molar-refractivity contribution in [1.29, 1.82) is 0 Å². The third-order valence-electron chi connectivity index (χ3n) is 8.49. The summed E-state index contributed by atoms with van der Waals surface area (Å²) in [4.78, 5) is 45.2. The van der Waals surface area contributed by atoms with Crippen LogP contribution in [0.2, 0.25) is 10.0 Å². The molecular weight excluding hydrogens is 497 g/mol. The second-order valence-electron chi connectivity index (χ2n) is 9.91. The molecule has 2 amide bonds. The fourth-order valence-electron chi connectivity index (χ4n) is 7.35. The lowest BCUT2D eigenvalue weighted by Crippen LogP contribution is -2.55. The van der Waals surface area contributed by atoms with Crippen molar-refractivity contribution in [2.45, 2.75) is 29.8 Å². The first kappa shape index (κ1) is 22.0. The molecular formula is C28H21Cl2N3O3. The summed E-state index contributed by atoms with van der Waals surface area (Å²) in [5.74, 6) is -1.92. The number of carbonyl (C=O) groups is 3. The van der Waals surface area contributed by atoms with Crippen LogP contribution in [0.1, 0.15) is 34.3 Å². The molecule has 2 spiro atoms. The zero-order valence-electron chi connectivity index (χ0n) is 19.1. The van der Waals surface area contributed by atoms with Gasteiger partial charge in [-0.3, -0.25) is 19.3 Å². The molecule has 6 nitrogen and oxygen atoms in total. The normalized spacial score (nSPS) is 29.8. The van der Waals surface area contributed by atoms with E-state index in [1.807, 2.05) is 48.5 Å². The highest BCUT2D eigenvalue weighted by molar-refractivity contribution is 6.37. The maximum Gasteiger partial charge on any atom is 0.250 e. The van der Waals surface area contributed by atoms with Crippen molar-refractivity contribution >= 4 is 52.2 Å². The number of anilines is 2. The third-order valence-corrected chi connectivity index (χ3v) is 9.04. The maximum absolute atomic E-state index is 14.7. The number of hydrogen-bond acceptors (Lipinski definition) is 4. The molecule has 0 radical (unpaired) electrons. The van der Waals surface area contributed by atoms with Gasteiger partial charge in [0.15, 0.2) is 5.78 Å². The minimum absolute atomic E-state index is 0.197. The highest BCUT2D eigenvalue weighted by Gasteiger charge is 2.78. The van der Waals surface area contributed by atoms with Crippen LogP contribution in [-0.4, -0.2) is 35.1 Å². The van der Waals surface area contributed by atoms with Crippen LogP contribution in [0.3, 0.4) is 0 Å². The van der Waals surface area contributed by atoms with E-state index in [-0.39, 0.29) is 34.2 Å². The Morgan fingerprint density at radius 2 is 1.56 bits per heavy atom. The van der Waals surface area contributed by atoms with Gasteiger partial charge in [0.1, 0.15) is 11.0 Å². The van der Waals surface area contributed by atoms with Crippen LogP contribution in [0, 0.1) is 5.92 Å². The molecule has 3 aromatic rings. The molecule has 7 rings (SSSR count).